The largest absolute Gasteiger partial charge is 0.265 e. The Balaban J connectivity index is 2.41. The van der Waals surface area contributed by atoms with Gasteiger partial charge in [-0.1, -0.05) is 11.6 Å². The minimum absolute atomic E-state index is 0.00717. The van der Waals surface area contributed by atoms with E-state index in [0.717, 1.165) is 6.33 Å². The number of hydrogen-bond donors (Lipinski definition) is 1. The zero-order chi connectivity index (χ0) is 13.9. The van der Waals surface area contributed by atoms with Crippen LogP contribution in [0.15, 0.2) is 35.6 Å². The molecule has 0 fully saturated rings. The molecule has 2 heterocycles. The van der Waals surface area contributed by atoms with Gasteiger partial charge in [0.15, 0.2) is 5.69 Å². The van der Waals surface area contributed by atoms with E-state index in [-0.39, 0.29) is 21.6 Å². The lowest BCUT2D eigenvalue weighted by Crippen LogP contribution is -2.15. The van der Waals surface area contributed by atoms with Crippen LogP contribution in [0, 0.1) is 11.3 Å². The fourth-order valence-corrected chi connectivity index (χ4v) is 2.53. The van der Waals surface area contributed by atoms with Crippen LogP contribution in [0.4, 0.5) is 5.82 Å². The summed E-state index contributed by atoms with van der Waals surface area (Å²) in [6.07, 6.45) is 2.45. The lowest BCUT2D eigenvalue weighted by atomic mass is 10.4. The van der Waals surface area contributed by atoms with E-state index in [2.05, 4.69) is 19.7 Å². The molecule has 9 heteroatoms. The number of nitrogens with zero attached hydrogens (tertiary/aromatic N) is 4. The predicted octanol–water partition coefficient (Wildman–Crippen LogP) is 1.20. The Morgan fingerprint density at radius 3 is 2.79 bits per heavy atom. The Labute approximate surface area is 114 Å². The normalized spacial score (nSPS) is 10.7. The first-order chi connectivity index (χ1) is 9.03. The maximum Gasteiger partial charge on any atom is 0.265 e. The Bertz CT molecular complexity index is 757. The first-order valence-corrected chi connectivity index (χ1v) is 6.74. The molecule has 0 saturated carbocycles. The Morgan fingerprint density at radius 1 is 1.32 bits per heavy atom. The van der Waals surface area contributed by atoms with Crippen LogP contribution in [-0.4, -0.2) is 23.4 Å². The van der Waals surface area contributed by atoms with Gasteiger partial charge < -0.3 is 0 Å². The molecule has 19 heavy (non-hydrogen) atoms. The standard InChI is InChI=1S/C10H6ClN5O2S/c11-9-4-10(15-6-14-9)16-19(17,18)8-2-1-3-13-7(8)5-12/h1-4,6H,(H,14,15,16). The maximum absolute atomic E-state index is 12.1. The maximum atomic E-state index is 12.1. The summed E-state index contributed by atoms with van der Waals surface area (Å²) >= 11 is 5.63. The molecule has 0 amide bonds. The van der Waals surface area contributed by atoms with Crippen molar-refractivity contribution >= 4 is 27.4 Å². The van der Waals surface area contributed by atoms with Gasteiger partial charge >= 0.3 is 0 Å². The number of pyridine rings is 1. The molecule has 2 aromatic heterocycles. The molecule has 0 aliphatic carbocycles. The SMILES string of the molecule is N#Cc1ncccc1S(=O)(=O)Nc1cc(Cl)ncn1. The molecule has 0 aliphatic rings. The topological polar surface area (TPSA) is 109 Å². The zero-order valence-corrected chi connectivity index (χ0v) is 10.9. The van der Waals surface area contributed by atoms with Crippen LogP contribution in [-0.2, 0) is 10.0 Å². The van der Waals surface area contributed by atoms with Gasteiger partial charge in [0.25, 0.3) is 10.0 Å². The van der Waals surface area contributed by atoms with Crippen LogP contribution in [0.2, 0.25) is 5.15 Å². The number of halogens is 1. The predicted molar refractivity (Wildman–Crippen MR) is 66.8 cm³/mol. The molecule has 7 nitrogen and oxygen atoms in total. The molecule has 1 N–H and O–H groups in total. The average Bonchev–Trinajstić information content (AvgIpc) is 2.38. The number of hydrogen-bond acceptors (Lipinski definition) is 6. The molecule has 0 unspecified atom stereocenters. The van der Waals surface area contributed by atoms with E-state index in [4.69, 9.17) is 16.9 Å². The van der Waals surface area contributed by atoms with Crippen molar-refractivity contribution in [2.75, 3.05) is 4.72 Å². The number of nitriles is 1. The molecule has 0 spiro atoms. The second-order valence-corrected chi connectivity index (χ2v) is 5.33. The smallest absolute Gasteiger partial charge is 0.263 e. The van der Waals surface area contributed by atoms with Gasteiger partial charge in [-0.25, -0.2) is 23.4 Å². The highest BCUT2D eigenvalue weighted by molar-refractivity contribution is 7.92. The highest BCUT2D eigenvalue weighted by Gasteiger charge is 2.20. The molecule has 0 aliphatic heterocycles. The van der Waals surface area contributed by atoms with Gasteiger partial charge in [-0.15, -0.1) is 0 Å². The summed E-state index contributed by atoms with van der Waals surface area (Å²) in [5, 5.41) is 8.94. The average molecular weight is 296 g/mol. The molecule has 2 rings (SSSR count). The Hall–Kier alpha value is -2.24. The van der Waals surface area contributed by atoms with E-state index in [1.165, 1.54) is 24.4 Å². The summed E-state index contributed by atoms with van der Waals surface area (Å²) in [6, 6.07) is 5.65. The van der Waals surface area contributed by atoms with Crippen molar-refractivity contribution in [1.29, 1.82) is 5.26 Å². The van der Waals surface area contributed by atoms with Crippen molar-refractivity contribution in [3.63, 3.8) is 0 Å². The van der Waals surface area contributed by atoms with Gasteiger partial charge in [0.1, 0.15) is 28.3 Å². The third kappa shape index (κ3) is 2.96. The molecule has 0 aromatic carbocycles. The molecule has 0 radical (unpaired) electrons. The minimum Gasteiger partial charge on any atom is -0.263 e. The van der Waals surface area contributed by atoms with Gasteiger partial charge in [0, 0.05) is 12.3 Å². The molecule has 0 saturated heterocycles. The molecule has 0 bridgehead atoms. The summed E-state index contributed by atoms with van der Waals surface area (Å²) in [5.41, 5.74) is -0.199. The van der Waals surface area contributed by atoms with E-state index < -0.39 is 10.0 Å². The van der Waals surface area contributed by atoms with Crippen LogP contribution >= 0.6 is 11.6 Å². The Morgan fingerprint density at radius 2 is 2.11 bits per heavy atom. The number of anilines is 1. The zero-order valence-electron chi connectivity index (χ0n) is 9.28. The molecular weight excluding hydrogens is 290 g/mol. The van der Waals surface area contributed by atoms with Gasteiger partial charge in [0.2, 0.25) is 0 Å². The van der Waals surface area contributed by atoms with E-state index in [1.54, 1.807) is 6.07 Å². The van der Waals surface area contributed by atoms with E-state index in [0.29, 0.717) is 0 Å². The number of sulfonamides is 1. The van der Waals surface area contributed by atoms with Crippen molar-refractivity contribution in [2.24, 2.45) is 0 Å². The van der Waals surface area contributed by atoms with Crippen LogP contribution in [0.25, 0.3) is 0 Å². The minimum atomic E-state index is -3.96. The lowest BCUT2D eigenvalue weighted by molar-refractivity contribution is 0.600. The van der Waals surface area contributed by atoms with E-state index in [1.807, 2.05) is 0 Å². The number of aromatic nitrogens is 3. The quantitative estimate of drug-likeness (QED) is 0.852. The van der Waals surface area contributed by atoms with Crippen LogP contribution in [0.5, 0.6) is 0 Å². The van der Waals surface area contributed by atoms with E-state index >= 15 is 0 Å². The van der Waals surface area contributed by atoms with Crippen LogP contribution < -0.4 is 4.72 Å². The highest BCUT2D eigenvalue weighted by Crippen LogP contribution is 2.17. The van der Waals surface area contributed by atoms with Gasteiger partial charge in [-0.2, -0.15) is 5.26 Å². The van der Waals surface area contributed by atoms with Gasteiger partial charge in [0.05, 0.1) is 0 Å². The van der Waals surface area contributed by atoms with Gasteiger partial charge in [-0.3, -0.25) is 4.72 Å². The van der Waals surface area contributed by atoms with Crippen molar-refractivity contribution in [2.45, 2.75) is 4.90 Å². The number of nitrogens with one attached hydrogen (secondary N) is 1. The summed E-state index contributed by atoms with van der Waals surface area (Å²) < 4.78 is 26.4. The molecule has 2 aromatic rings. The third-order valence-electron chi connectivity index (χ3n) is 2.04. The Kier molecular flexibility index (Phi) is 3.59. The first kappa shape index (κ1) is 13.2. The van der Waals surface area contributed by atoms with Gasteiger partial charge in [-0.05, 0) is 12.1 Å². The van der Waals surface area contributed by atoms with Crippen molar-refractivity contribution in [3.8, 4) is 6.07 Å². The highest BCUT2D eigenvalue weighted by atomic mass is 35.5. The summed E-state index contributed by atoms with van der Waals surface area (Å²) in [5.74, 6) is 0.00717. The van der Waals surface area contributed by atoms with Crippen LogP contribution in [0.1, 0.15) is 5.69 Å². The van der Waals surface area contributed by atoms with Crippen LogP contribution in [0.3, 0.4) is 0 Å². The molecule has 0 atom stereocenters. The van der Waals surface area contributed by atoms with Crippen molar-refractivity contribution in [3.05, 3.63) is 41.6 Å². The second-order valence-electron chi connectivity index (χ2n) is 3.29. The lowest BCUT2D eigenvalue weighted by Gasteiger charge is -2.07. The summed E-state index contributed by atoms with van der Waals surface area (Å²) in [4.78, 5) is 10.8. The van der Waals surface area contributed by atoms with Crippen molar-refractivity contribution < 1.29 is 8.42 Å². The second kappa shape index (κ2) is 5.17. The fraction of sp³-hybridized carbons (Fsp3) is 0. The first-order valence-electron chi connectivity index (χ1n) is 4.88. The molecular formula is C10H6ClN5O2S. The van der Waals surface area contributed by atoms with E-state index in [9.17, 15) is 8.42 Å². The number of rotatable bonds is 3. The summed E-state index contributed by atoms with van der Waals surface area (Å²) in [7, 11) is -3.96. The monoisotopic (exact) mass is 295 g/mol. The fourth-order valence-electron chi connectivity index (χ4n) is 1.27. The summed E-state index contributed by atoms with van der Waals surface area (Å²) in [6.45, 7) is 0. The molecule has 96 valence electrons. The van der Waals surface area contributed by atoms with Crippen molar-refractivity contribution in [1.82, 2.24) is 15.0 Å². The third-order valence-corrected chi connectivity index (χ3v) is 3.63.